The first kappa shape index (κ1) is 22.9. The van der Waals surface area contributed by atoms with Crippen LogP contribution in [0.25, 0.3) is 5.69 Å². The molecule has 35 heavy (non-hydrogen) atoms. The van der Waals surface area contributed by atoms with Crippen molar-refractivity contribution in [3.05, 3.63) is 81.6 Å². The molecule has 3 aliphatic rings. The summed E-state index contributed by atoms with van der Waals surface area (Å²) >= 11 is 13.0. The molecule has 6 nitrogen and oxygen atoms in total. The first-order valence-corrected chi connectivity index (χ1v) is 12.9. The largest absolute Gasteiger partial charge is 0.445 e. The first-order chi connectivity index (χ1) is 17.1. The summed E-state index contributed by atoms with van der Waals surface area (Å²) in [4.78, 5) is 14.5. The Morgan fingerprint density at radius 2 is 1.77 bits per heavy atom. The molecule has 0 radical (unpaired) electrons. The summed E-state index contributed by atoms with van der Waals surface area (Å²) < 4.78 is 13.9. The van der Waals surface area contributed by atoms with Crippen molar-refractivity contribution in [3.8, 4) is 5.69 Å². The Morgan fingerprint density at radius 3 is 2.46 bits per heavy atom. The number of para-hydroxylation sites is 1. The molecule has 3 atom stereocenters. The highest BCUT2D eigenvalue weighted by atomic mass is 35.5. The number of fused-ring (bicyclic) bond motifs is 2. The van der Waals surface area contributed by atoms with Gasteiger partial charge in [0.25, 0.3) is 0 Å². The van der Waals surface area contributed by atoms with Crippen LogP contribution in [0.3, 0.4) is 0 Å². The maximum Gasteiger partial charge on any atom is 0.410 e. The van der Waals surface area contributed by atoms with E-state index in [1.54, 1.807) is 0 Å². The van der Waals surface area contributed by atoms with Crippen LogP contribution in [-0.4, -0.2) is 39.5 Å². The van der Waals surface area contributed by atoms with Crippen molar-refractivity contribution in [1.82, 2.24) is 14.7 Å². The molecule has 182 valence electrons. The minimum absolute atomic E-state index is 0.107. The number of likely N-dealkylation sites (tertiary alicyclic amines) is 1. The smallest absolute Gasteiger partial charge is 0.410 e. The summed E-state index contributed by atoms with van der Waals surface area (Å²) in [5.74, 6) is 0.840. The molecule has 2 heterocycles. The van der Waals surface area contributed by atoms with Crippen LogP contribution in [0.4, 0.5) is 4.79 Å². The second-order valence-corrected chi connectivity index (χ2v) is 10.5. The zero-order valence-electron chi connectivity index (χ0n) is 19.3. The Balaban J connectivity index is 1.11. The Hall–Kier alpha value is -2.54. The summed E-state index contributed by atoms with van der Waals surface area (Å²) in [5.41, 5.74) is 3.93. The highest BCUT2D eigenvalue weighted by Crippen LogP contribution is 2.44. The average Bonchev–Trinajstić information content (AvgIpc) is 3.31. The second-order valence-electron chi connectivity index (χ2n) is 9.73. The number of halogens is 2. The van der Waals surface area contributed by atoms with Gasteiger partial charge in [-0.1, -0.05) is 59.6 Å². The molecule has 0 spiro atoms. The van der Waals surface area contributed by atoms with Crippen molar-refractivity contribution in [1.29, 1.82) is 0 Å². The van der Waals surface area contributed by atoms with Crippen molar-refractivity contribution >= 4 is 29.3 Å². The molecular weight excluding hydrogens is 485 g/mol. The molecule has 1 aromatic heterocycles. The van der Waals surface area contributed by atoms with Gasteiger partial charge in [0.15, 0.2) is 0 Å². The van der Waals surface area contributed by atoms with Crippen LogP contribution in [0.15, 0.2) is 54.7 Å². The lowest BCUT2D eigenvalue weighted by Gasteiger charge is -2.31. The lowest BCUT2D eigenvalue weighted by molar-refractivity contribution is -0.0131. The molecule has 6 rings (SSSR count). The van der Waals surface area contributed by atoms with Crippen molar-refractivity contribution < 1.29 is 14.3 Å². The number of benzene rings is 2. The van der Waals surface area contributed by atoms with Crippen molar-refractivity contribution in [2.45, 2.75) is 57.0 Å². The van der Waals surface area contributed by atoms with Gasteiger partial charge in [-0.25, -0.2) is 9.48 Å². The fraction of sp³-hybridized carbons (Fsp3) is 0.407. The number of hydrogen-bond acceptors (Lipinski definition) is 4. The van der Waals surface area contributed by atoms with Gasteiger partial charge in [0.1, 0.15) is 12.3 Å². The van der Waals surface area contributed by atoms with E-state index in [4.69, 9.17) is 32.7 Å². The van der Waals surface area contributed by atoms with E-state index in [9.17, 15) is 4.79 Å². The van der Waals surface area contributed by atoms with Crippen LogP contribution in [0, 0.1) is 5.92 Å². The number of nitrogens with zero attached hydrogens (tertiary/aromatic N) is 3. The lowest BCUT2D eigenvalue weighted by atomic mass is 10.1. The Labute approximate surface area is 214 Å². The van der Waals surface area contributed by atoms with E-state index in [1.165, 1.54) is 18.4 Å². The number of amides is 1. The van der Waals surface area contributed by atoms with Gasteiger partial charge in [0, 0.05) is 18.5 Å². The van der Waals surface area contributed by atoms with Gasteiger partial charge in [0.2, 0.25) is 0 Å². The van der Waals surface area contributed by atoms with E-state index < -0.39 is 0 Å². The second kappa shape index (κ2) is 9.49. The number of aromatic nitrogens is 2. The van der Waals surface area contributed by atoms with Gasteiger partial charge in [0.05, 0.1) is 34.6 Å². The van der Waals surface area contributed by atoms with Crippen LogP contribution < -0.4 is 0 Å². The van der Waals surface area contributed by atoms with Crippen LogP contribution in [-0.2, 0) is 22.7 Å². The quantitative estimate of drug-likeness (QED) is 0.369. The van der Waals surface area contributed by atoms with E-state index in [-0.39, 0.29) is 18.2 Å². The monoisotopic (exact) mass is 511 g/mol. The summed E-state index contributed by atoms with van der Waals surface area (Å²) in [6, 6.07) is 15.4. The Bertz CT molecular complexity index is 1210. The van der Waals surface area contributed by atoms with E-state index in [1.807, 2.05) is 64.3 Å². The molecule has 1 amide bonds. The molecule has 1 aliphatic heterocycles. The molecular formula is C27H27Cl2N3O3. The molecule has 0 N–H and O–H groups in total. The van der Waals surface area contributed by atoms with Gasteiger partial charge >= 0.3 is 6.09 Å². The minimum Gasteiger partial charge on any atom is -0.445 e. The maximum atomic E-state index is 12.7. The first-order valence-electron chi connectivity index (χ1n) is 12.2. The fourth-order valence-electron chi connectivity index (χ4n) is 5.47. The van der Waals surface area contributed by atoms with Crippen molar-refractivity contribution in [2.75, 3.05) is 6.54 Å². The van der Waals surface area contributed by atoms with Crippen molar-refractivity contribution in [3.63, 3.8) is 0 Å². The predicted octanol–water partition coefficient (Wildman–Crippen LogP) is 6.37. The Kier molecular flexibility index (Phi) is 6.21. The fourth-order valence-corrected chi connectivity index (χ4v) is 6.03. The third-order valence-electron chi connectivity index (χ3n) is 7.42. The molecule has 3 aromatic rings. The van der Waals surface area contributed by atoms with Crippen LogP contribution in [0.5, 0.6) is 0 Å². The summed E-state index contributed by atoms with van der Waals surface area (Å²) in [6.45, 7) is 1.42. The SMILES string of the molecule is O=C(OCc1ccccc1)N1C[C@@H]2C[C@H]1C[C@H]2OCc1c(C2CC2)cnn1-c1c(Cl)cccc1Cl. The third-order valence-corrected chi connectivity index (χ3v) is 8.03. The van der Waals surface area contributed by atoms with Gasteiger partial charge in [-0.15, -0.1) is 0 Å². The maximum absolute atomic E-state index is 12.7. The zero-order valence-corrected chi connectivity index (χ0v) is 20.8. The number of hydrogen-bond donors (Lipinski definition) is 0. The molecule has 2 saturated carbocycles. The highest BCUT2D eigenvalue weighted by molar-refractivity contribution is 6.37. The third kappa shape index (κ3) is 4.55. The standard InChI is InChI=1S/C27H27Cl2N3O3/c28-22-7-4-8-23(29)26(22)32-24(21(13-30-32)18-9-10-18)16-34-25-12-20-11-19(25)14-31(20)27(33)35-15-17-5-2-1-3-6-17/h1-8,13,18-20,25H,9-12,14-16H2/t19-,20-,25+/m0/s1. The van der Waals surface area contributed by atoms with E-state index >= 15 is 0 Å². The highest BCUT2D eigenvalue weighted by Gasteiger charge is 2.48. The molecule has 8 heteroatoms. The average molecular weight is 512 g/mol. The number of rotatable bonds is 7. The normalized spacial score (nSPS) is 23.1. The van der Waals surface area contributed by atoms with Crippen LogP contribution >= 0.6 is 23.2 Å². The molecule has 2 aliphatic carbocycles. The zero-order chi connectivity index (χ0) is 23.9. The van der Waals surface area contributed by atoms with Crippen LogP contribution in [0.1, 0.15) is 48.4 Å². The van der Waals surface area contributed by atoms with Gasteiger partial charge in [-0.2, -0.15) is 5.10 Å². The van der Waals surface area contributed by atoms with E-state index in [0.717, 1.165) is 24.1 Å². The van der Waals surface area contributed by atoms with E-state index in [2.05, 4.69) is 5.10 Å². The topological polar surface area (TPSA) is 56.6 Å². The van der Waals surface area contributed by atoms with Crippen molar-refractivity contribution in [2.24, 2.45) is 5.92 Å². The molecule has 2 bridgehead atoms. The molecule has 1 saturated heterocycles. The summed E-state index contributed by atoms with van der Waals surface area (Å²) in [6.07, 6.45) is 5.92. The summed E-state index contributed by atoms with van der Waals surface area (Å²) in [7, 11) is 0. The number of carbonyl (C=O) groups is 1. The summed E-state index contributed by atoms with van der Waals surface area (Å²) in [5, 5.41) is 5.77. The number of piperidine rings is 1. The van der Waals surface area contributed by atoms with E-state index in [0.29, 0.717) is 47.3 Å². The van der Waals surface area contributed by atoms with Gasteiger partial charge in [-0.05, 0) is 54.9 Å². The number of ether oxygens (including phenoxy) is 2. The number of carbonyl (C=O) groups excluding carboxylic acids is 1. The van der Waals surface area contributed by atoms with Crippen LogP contribution in [0.2, 0.25) is 10.0 Å². The molecule has 2 aromatic carbocycles. The lowest BCUT2D eigenvalue weighted by Crippen LogP contribution is -2.42. The Morgan fingerprint density at radius 1 is 1.00 bits per heavy atom. The minimum atomic E-state index is -0.234. The molecule has 3 fully saturated rings. The molecule has 0 unspecified atom stereocenters. The predicted molar refractivity (Wildman–Crippen MR) is 134 cm³/mol. The van der Waals surface area contributed by atoms with Gasteiger partial charge < -0.3 is 14.4 Å². The van der Waals surface area contributed by atoms with Gasteiger partial charge in [-0.3, -0.25) is 0 Å².